The van der Waals surface area contributed by atoms with Crippen LogP contribution in [0.15, 0.2) is 66.7 Å². The number of fused-ring (bicyclic) bond motifs is 1. The lowest BCUT2D eigenvalue weighted by atomic mass is 9.96. The van der Waals surface area contributed by atoms with Crippen molar-refractivity contribution in [1.29, 1.82) is 0 Å². The highest BCUT2D eigenvalue weighted by Gasteiger charge is 2.21. The Hall–Kier alpha value is -3.44. The monoisotopic (exact) mass is 439 g/mol. The number of likely N-dealkylation sites (tertiary alicyclic amines) is 1. The molecular weight excluding hydrogens is 410 g/mol. The van der Waals surface area contributed by atoms with Gasteiger partial charge in [-0.15, -0.1) is 0 Å². The van der Waals surface area contributed by atoms with Crippen molar-refractivity contribution < 1.29 is 9.59 Å². The van der Waals surface area contributed by atoms with E-state index in [0.717, 1.165) is 42.9 Å². The summed E-state index contributed by atoms with van der Waals surface area (Å²) in [5.74, 6) is 0.581. The smallest absolute Gasteiger partial charge is 0.255 e. The summed E-state index contributed by atoms with van der Waals surface area (Å²) in [4.78, 5) is 27.3. The number of amides is 2. The lowest BCUT2D eigenvalue weighted by molar-refractivity contribution is -0.116. The zero-order valence-electron chi connectivity index (χ0n) is 18.9. The van der Waals surface area contributed by atoms with Gasteiger partial charge in [-0.3, -0.25) is 14.5 Å². The van der Waals surface area contributed by atoms with E-state index in [1.807, 2.05) is 48.5 Å². The molecule has 3 aromatic rings. The van der Waals surface area contributed by atoms with Crippen molar-refractivity contribution >= 4 is 23.2 Å². The Morgan fingerprint density at radius 2 is 1.91 bits per heavy atom. The van der Waals surface area contributed by atoms with Gasteiger partial charge in [0.1, 0.15) is 0 Å². The average molecular weight is 440 g/mol. The summed E-state index contributed by atoms with van der Waals surface area (Å²) in [6.45, 7) is 5.31. The van der Waals surface area contributed by atoms with Crippen LogP contribution in [0.5, 0.6) is 0 Å². The molecule has 0 spiro atoms. The molecule has 5 heteroatoms. The lowest BCUT2D eigenvalue weighted by Gasteiger charge is -2.20. The van der Waals surface area contributed by atoms with Crippen LogP contribution in [0, 0.1) is 5.92 Å². The maximum Gasteiger partial charge on any atom is 0.255 e. The first-order chi connectivity index (χ1) is 16.0. The summed E-state index contributed by atoms with van der Waals surface area (Å²) in [6, 6.07) is 22.1. The number of nitrogens with zero attached hydrogens (tertiary/aromatic N) is 1. The summed E-state index contributed by atoms with van der Waals surface area (Å²) < 4.78 is 0. The minimum Gasteiger partial charge on any atom is -0.326 e. The average Bonchev–Trinajstić information content (AvgIpc) is 3.23. The third-order valence-corrected chi connectivity index (χ3v) is 6.62. The Morgan fingerprint density at radius 1 is 1.06 bits per heavy atom. The highest BCUT2D eigenvalue weighted by atomic mass is 16.2. The third kappa shape index (κ3) is 4.83. The van der Waals surface area contributed by atoms with Gasteiger partial charge in [0.05, 0.1) is 0 Å². The molecule has 2 heterocycles. The minimum absolute atomic E-state index is 0.0170. The first-order valence-electron chi connectivity index (χ1n) is 11.7. The molecule has 0 saturated carbocycles. The van der Waals surface area contributed by atoms with Gasteiger partial charge in [-0.1, -0.05) is 49.4 Å². The summed E-state index contributed by atoms with van der Waals surface area (Å²) in [5, 5.41) is 5.90. The minimum atomic E-state index is -0.146. The molecule has 1 saturated heterocycles. The maximum absolute atomic E-state index is 13.1. The van der Waals surface area contributed by atoms with Crippen LogP contribution in [0.4, 0.5) is 11.4 Å². The van der Waals surface area contributed by atoms with Crippen molar-refractivity contribution in [2.75, 3.05) is 23.7 Å². The van der Waals surface area contributed by atoms with E-state index < -0.39 is 0 Å². The Labute approximate surface area is 194 Å². The van der Waals surface area contributed by atoms with Crippen molar-refractivity contribution in [2.45, 2.75) is 32.7 Å². The number of rotatable bonds is 5. The second-order valence-corrected chi connectivity index (χ2v) is 9.24. The fourth-order valence-corrected chi connectivity index (χ4v) is 4.83. The largest absolute Gasteiger partial charge is 0.326 e. The molecule has 168 valence electrons. The molecular formula is C28H29N3O2. The molecule has 2 N–H and O–H groups in total. The van der Waals surface area contributed by atoms with Gasteiger partial charge in [-0.2, -0.15) is 0 Å². The van der Waals surface area contributed by atoms with E-state index in [2.05, 4.69) is 40.7 Å². The first kappa shape index (κ1) is 21.4. The predicted molar refractivity (Wildman–Crippen MR) is 132 cm³/mol. The number of benzene rings is 3. The van der Waals surface area contributed by atoms with Gasteiger partial charge in [0.15, 0.2) is 0 Å². The lowest BCUT2D eigenvalue weighted by Crippen LogP contribution is -2.21. The van der Waals surface area contributed by atoms with E-state index in [-0.39, 0.29) is 11.8 Å². The van der Waals surface area contributed by atoms with Gasteiger partial charge in [0.25, 0.3) is 5.91 Å². The van der Waals surface area contributed by atoms with Gasteiger partial charge in [-0.25, -0.2) is 0 Å². The van der Waals surface area contributed by atoms with E-state index in [9.17, 15) is 9.59 Å². The fourth-order valence-electron chi connectivity index (χ4n) is 4.83. The third-order valence-electron chi connectivity index (χ3n) is 6.62. The molecule has 0 radical (unpaired) electrons. The molecule has 0 bridgehead atoms. The van der Waals surface area contributed by atoms with Gasteiger partial charge in [0, 0.05) is 36.4 Å². The van der Waals surface area contributed by atoms with Crippen LogP contribution in [-0.4, -0.2) is 29.8 Å². The Balaban J connectivity index is 1.40. The van der Waals surface area contributed by atoms with E-state index in [1.54, 1.807) is 0 Å². The molecule has 0 aliphatic carbocycles. The van der Waals surface area contributed by atoms with Gasteiger partial charge in [0.2, 0.25) is 5.91 Å². The second kappa shape index (κ2) is 9.20. The summed E-state index contributed by atoms with van der Waals surface area (Å²) in [7, 11) is 0. The van der Waals surface area contributed by atoms with Crippen LogP contribution < -0.4 is 10.6 Å². The van der Waals surface area contributed by atoms with Gasteiger partial charge in [-0.05, 0) is 71.8 Å². The van der Waals surface area contributed by atoms with Crippen LogP contribution in [0.2, 0.25) is 0 Å². The number of aryl methyl sites for hydroxylation is 1. The fraction of sp³-hybridized carbons (Fsp3) is 0.286. The maximum atomic E-state index is 13.1. The molecule has 33 heavy (non-hydrogen) atoms. The Morgan fingerprint density at radius 3 is 2.70 bits per heavy atom. The van der Waals surface area contributed by atoms with Crippen LogP contribution in [0.3, 0.4) is 0 Å². The number of nitrogens with one attached hydrogen (secondary N) is 2. The van der Waals surface area contributed by atoms with Crippen molar-refractivity contribution in [3.05, 3.63) is 83.4 Å². The van der Waals surface area contributed by atoms with Crippen LogP contribution >= 0.6 is 0 Å². The molecule has 0 aromatic heterocycles. The quantitative estimate of drug-likeness (QED) is 0.565. The number of carbonyl (C=O) groups excluding carboxylic acids is 2. The number of hydrogen-bond acceptors (Lipinski definition) is 3. The van der Waals surface area contributed by atoms with Gasteiger partial charge < -0.3 is 10.6 Å². The molecule has 0 unspecified atom stereocenters. The van der Waals surface area contributed by atoms with Crippen LogP contribution in [-0.2, 0) is 17.8 Å². The van der Waals surface area contributed by atoms with Crippen LogP contribution in [0.25, 0.3) is 11.1 Å². The topological polar surface area (TPSA) is 61.4 Å². The molecule has 1 fully saturated rings. The van der Waals surface area contributed by atoms with Gasteiger partial charge >= 0.3 is 0 Å². The van der Waals surface area contributed by atoms with Crippen LogP contribution in [0.1, 0.15) is 41.3 Å². The predicted octanol–water partition coefficient (Wildman–Crippen LogP) is 5.33. The summed E-state index contributed by atoms with van der Waals surface area (Å²) >= 11 is 0. The van der Waals surface area contributed by atoms with Crippen molar-refractivity contribution in [3.8, 4) is 11.1 Å². The van der Waals surface area contributed by atoms with Crippen molar-refractivity contribution in [2.24, 2.45) is 5.92 Å². The standard InChI is InChI=1S/C28H29N3O2/c1-19-13-14-31(17-19)18-23-15-22(8-11-25(23)20-5-3-2-4-6-20)28(33)29-24-10-7-21-9-12-27(32)30-26(21)16-24/h2-8,10-11,15-16,19H,9,12-14,17-18H2,1H3,(H,29,33)(H,30,32)/t19-/m1/s1. The second-order valence-electron chi connectivity index (χ2n) is 9.24. The molecule has 5 nitrogen and oxygen atoms in total. The molecule has 5 rings (SSSR count). The molecule has 2 aliphatic rings. The van der Waals surface area contributed by atoms with E-state index in [1.165, 1.54) is 17.5 Å². The van der Waals surface area contributed by atoms with E-state index in [4.69, 9.17) is 0 Å². The first-order valence-corrected chi connectivity index (χ1v) is 11.7. The number of hydrogen-bond donors (Lipinski definition) is 2. The van der Waals surface area contributed by atoms with E-state index in [0.29, 0.717) is 23.6 Å². The summed E-state index contributed by atoms with van der Waals surface area (Å²) in [5.41, 5.74) is 6.71. The molecule has 3 aromatic carbocycles. The molecule has 2 aliphatic heterocycles. The molecule has 2 amide bonds. The highest BCUT2D eigenvalue weighted by Crippen LogP contribution is 2.29. The molecule has 1 atom stereocenters. The Bertz CT molecular complexity index is 1190. The summed E-state index contributed by atoms with van der Waals surface area (Å²) in [6.07, 6.45) is 2.45. The highest BCUT2D eigenvalue weighted by molar-refractivity contribution is 6.05. The van der Waals surface area contributed by atoms with E-state index >= 15 is 0 Å². The number of carbonyl (C=O) groups is 2. The SMILES string of the molecule is C[C@@H]1CCN(Cc2cc(C(=O)Nc3ccc4c(c3)NC(=O)CC4)ccc2-c2ccccc2)C1. The Kier molecular flexibility index (Phi) is 5.97. The van der Waals surface area contributed by atoms with Crippen molar-refractivity contribution in [3.63, 3.8) is 0 Å². The zero-order chi connectivity index (χ0) is 22.8. The normalized spacial score (nSPS) is 18.0. The zero-order valence-corrected chi connectivity index (χ0v) is 18.9. The number of anilines is 2. The van der Waals surface area contributed by atoms with Crippen molar-refractivity contribution in [1.82, 2.24) is 4.90 Å².